The molecule has 2 aliphatic rings. The van der Waals surface area contributed by atoms with Crippen LogP contribution < -0.4 is 16.0 Å². The van der Waals surface area contributed by atoms with E-state index in [9.17, 15) is 0 Å². The van der Waals surface area contributed by atoms with Crippen molar-refractivity contribution in [2.75, 3.05) is 18.0 Å². The highest BCUT2D eigenvalue weighted by Gasteiger charge is 2.27. The van der Waals surface area contributed by atoms with Crippen LogP contribution in [0.3, 0.4) is 0 Å². The number of benzene rings is 1. The Bertz CT molecular complexity index is 707. The summed E-state index contributed by atoms with van der Waals surface area (Å²) in [6, 6.07) is 12.2. The summed E-state index contributed by atoms with van der Waals surface area (Å²) >= 11 is 0. The molecule has 0 bridgehead atoms. The Labute approximate surface area is 156 Å². The Morgan fingerprint density at radius 2 is 1.77 bits per heavy atom. The summed E-state index contributed by atoms with van der Waals surface area (Å²) in [5, 5.41) is 8.35. The van der Waals surface area contributed by atoms with Crippen LogP contribution >= 0.6 is 0 Å². The molecule has 3 atom stereocenters. The molecule has 5 nitrogen and oxygen atoms in total. The molecule has 2 heterocycles. The Balaban J connectivity index is 1.39. The van der Waals surface area contributed by atoms with Gasteiger partial charge in [0.15, 0.2) is 0 Å². The average Bonchev–Trinajstić information content (AvgIpc) is 3.10. The fourth-order valence-electron chi connectivity index (χ4n) is 4.39. The lowest BCUT2D eigenvalue weighted by Gasteiger charge is -2.39. The lowest BCUT2D eigenvalue weighted by Crippen LogP contribution is -2.55. The number of rotatable bonds is 4. The number of nitrogens with zero attached hydrogens (tertiary/aromatic N) is 3. The molecule has 1 aliphatic heterocycles. The van der Waals surface area contributed by atoms with Crippen molar-refractivity contribution in [2.24, 2.45) is 5.73 Å². The fraction of sp³-hybridized carbons (Fsp3) is 0.571. The van der Waals surface area contributed by atoms with Crippen molar-refractivity contribution >= 4 is 5.69 Å². The number of hydrogen-bond donors (Lipinski definition) is 2. The van der Waals surface area contributed by atoms with Crippen LogP contribution in [0, 0.1) is 6.92 Å². The zero-order valence-electron chi connectivity index (χ0n) is 15.8. The SMILES string of the molecule is Cc1ccn(-c2ccc(N3CCC[C@H](N[C@@H]4CCCC[C@H]4N)C3)cc2)n1. The Kier molecular flexibility index (Phi) is 5.27. The molecule has 1 aromatic carbocycles. The summed E-state index contributed by atoms with van der Waals surface area (Å²) in [6.45, 7) is 4.22. The van der Waals surface area contributed by atoms with E-state index in [1.807, 2.05) is 23.9 Å². The highest BCUT2D eigenvalue weighted by Crippen LogP contribution is 2.23. The van der Waals surface area contributed by atoms with E-state index in [0.717, 1.165) is 24.5 Å². The normalized spacial score (nSPS) is 26.8. The maximum absolute atomic E-state index is 6.33. The summed E-state index contributed by atoms with van der Waals surface area (Å²) in [4.78, 5) is 2.51. The Morgan fingerprint density at radius 1 is 1.00 bits per heavy atom. The van der Waals surface area contributed by atoms with Gasteiger partial charge in [-0.2, -0.15) is 5.10 Å². The molecule has 5 heteroatoms. The van der Waals surface area contributed by atoms with E-state index in [-0.39, 0.29) is 0 Å². The molecular formula is C21H31N5. The first-order valence-electron chi connectivity index (χ1n) is 10.1. The van der Waals surface area contributed by atoms with Crippen molar-refractivity contribution in [1.82, 2.24) is 15.1 Å². The van der Waals surface area contributed by atoms with Crippen LogP contribution in [-0.4, -0.2) is 41.0 Å². The van der Waals surface area contributed by atoms with Crippen LogP contribution in [-0.2, 0) is 0 Å². The first-order valence-corrected chi connectivity index (χ1v) is 10.1. The quantitative estimate of drug-likeness (QED) is 0.887. The molecule has 4 rings (SSSR count). The standard InChI is InChI=1S/C21H31N5/c1-16-12-14-26(24-16)19-10-8-18(9-11-19)25-13-4-5-17(15-25)23-21-7-3-2-6-20(21)22/h8-12,14,17,20-21,23H,2-7,13,15,22H2,1H3/t17-,20+,21+/m0/s1. The summed E-state index contributed by atoms with van der Waals surface area (Å²) in [5.74, 6) is 0. The number of aryl methyl sites for hydroxylation is 1. The average molecular weight is 354 g/mol. The molecule has 0 spiro atoms. The van der Waals surface area contributed by atoms with Gasteiger partial charge < -0.3 is 16.0 Å². The maximum atomic E-state index is 6.33. The second kappa shape index (κ2) is 7.80. The van der Waals surface area contributed by atoms with E-state index >= 15 is 0 Å². The Hall–Kier alpha value is -1.85. The maximum Gasteiger partial charge on any atom is 0.0647 e. The smallest absolute Gasteiger partial charge is 0.0647 e. The van der Waals surface area contributed by atoms with Gasteiger partial charge in [-0.3, -0.25) is 0 Å². The van der Waals surface area contributed by atoms with Crippen LogP contribution in [0.25, 0.3) is 5.69 Å². The van der Waals surface area contributed by atoms with Crippen molar-refractivity contribution < 1.29 is 0 Å². The summed E-state index contributed by atoms with van der Waals surface area (Å²) in [6.07, 6.45) is 9.51. The molecule has 140 valence electrons. The number of nitrogens with two attached hydrogens (primary N) is 1. The molecule has 0 amide bonds. The number of aromatic nitrogens is 2. The lowest BCUT2D eigenvalue weighted by molar-refractivity contribution is 0.282. The second-order valence-electron chi connectivity index (χ2n) is 7.92. The van der Waals surface area contributed by atoms with E-state index in [1.54, 1.807) is 0 Å². The largest absolute Gasteiger partial charge is 0.370 e. The highest BCUT2D eigenvalue weighted by atomic mass is 15.3. The van der Waals surface area contributed by atoms with Crippen molar-refractivity contribution in [3.05, 3.63) is 42.2 Å². The van der Waals surface area contributed by atoms with Crippen LogP contribution in [0.4, 0.5) is 5.69 Å². The molecule has 2 fully saturated rings. The van der Waals surface area contributed by atoms with Crippen molar-refractivity contribution in [3.63, 3.8) is 0 Å². The van der Waals surface area contributed by atoms with Crippen LogP contribution in [0.2, 0.25) is 0 Å². The van der Waals surface area contributed by atoms with Gasteiger partial charge in [0, 0.05) is 43.1 Å². The van der Waals surface area contributed by atoms with E-state index in [1.165, 1.54) is 44.2 Å². The second-order valence-corrected chi connectivity index (χ2v) is 7.92. The minimum atomic E-state index is 0.330. The third kappa shape index (κ3) is 3.94. The van der Waals surface area contributed by atoms with Crippen LogP contribution in [0.5, 0.6) is 0 Å². The van der Waals surface area contributed by atoms with Gasteiger partial charge in [-0.15, -0.1) is 0 Å². The zero-order valence-corrected chi connectivity index (χ0v) is 15.8. The molecule has 2 aromatic rings. The topological polar surface area (TPSA) is 59.1 Å². The molecule has 0 unspecified atom stereocenters. The molecule has 1 saturated heterocycles. The van der Waals surface area contributed by atoms with Gasteiger partial charge in [-0.05, 0) is 62.9 Å². The zero-order chi connectivity index (χ0) is 17.9. The van der Waals surface area contributed by atoms with Crippen molar-refractivity contribution in [2.45, 2.75) is 63.6 Å². The van der Waals surface area contributed by atoms with Gasteiger partial charge in [0.05, 0.1) is 11.4 Å². The van der Waals surface area contributed by atoms with Gasteiger partial charge in [0.2, 0.25) is 0 Å². The third-order valence-electron chi connectivity index (χ3n) is 5.89. The lowest BCUT2D eigenvalue weighted by atomic mass is 9.89. The molecule has 26 heavy (non-hydrogen) atoms. The van der Waals surface area contributed by atoms with Gasteiger partial charge in [0.25, 0.3) is 0 Å². The van der Waals surface area contributed by atoms with Crippen LogP contribution in [0.1, 0.15) is 44.2 Å². The number of piperidine rings is 1. The van der Waals surface area contributed by atoms with Crippen molar-refractivity contribution in [3.8, 4) is 5.69 Å². The van der Waals surface area contributed by atoms with E-state index in [2.05, 4.69) is 39.6 Å². The molecule has 0 radical (unpaired) electrons. The fourth-order valence-corrected chi connectivity index (χ4v) is 4.39. The molecule has 1 aliphatic carbocycles. The summed E-state index contributed by atoms with van der Waals surface area (Å²) in [7, 11) is 0. The summed E-state index contributed by atoms with van der Waals surface area (Å²) < 4.78 is 1.93. The van der Waals surface area contributed by atoms with E-state index in [4.69, 9.17) is 5.73 Å². The van der Waals surface area contributed by atoms with E-state index in [0.29, 0.717) is 18.1 Å². The predicted molar refractivity (Wildman–Crippen MR) is 107 cm³/mol. The van der Waals surface area contributed by atoms with Gasteiger partial charge in [-0.25, -0.2) is 4.68 Å². The number of anilines is 1. The van der Waals surface area contributed by atoms with Gasteiger partial charge in [0.1, 0.15) is 0 Å². The Morgan fingerprint density at radius 3 is 2.50 bits per heavy atom. The summed E-state index contributed by atoms with van der Waals surface area (Å²) in [5.41, 5.74) is 9.79. The molecular weight excluding hydrogens is 322 g/mol. The van der Waals surface area contributed by atoms with Gasteiger partial charge in [-0.1, -0.05) is 12.8 Å². The monoisotopic (exact) mass is 353 g/mol. The molecule has 1 saturated carbocycles. The predicted octanol–water partition coefficient (Wildman–Crippen LogP) is 3.01. The number of nitrogens with one attached hydrogen (secondary N) is 1. The molecule has 3 N–H and O–H groups in total. The minimum Gasteiger partial charge on any atom is -0.370 e. The first-order chi connectivity index (χ1) is 12.7. The van der Waals surface area contributed by atoms with Crippen LogP contribution in [0.15, 0.2) is 36.5 Å². The highest BCUT2D eigenvalue weighted by molar-refractivity contribution is 5.51. The number of hydrogen-bond acceptors (Lipinski definition) is 4. The van der Waals surface area contributed by atoms with Crippen molar-refractivity contribution in [1.29, 1.82) is 0 Å². The van der Waals surface area contributed by atoms with E-state index < -0.39 is 0 Å². The van der Waals surface area contributed by atoms with Gasteiger partial charge >= 0.3 is 0 Å². The third-order valence-corrected chi connectivity index (χ3v) is 5.89. The minimum absolute atomic E-state index is 0.330. The first kappa shape index (κ1) is 17.6. The molecule has 1 aromatic heterocycles.